The Hall–Kier alpha value is -5.10. The Balaban J connectivity index is 1.02. The molecule has 1 aromatic heterocycles. The average Bonchev–Trinajstić information content (AvgIpc) is 3.51. The minimum atomic E-state index is -0.0874. The largest absolute Gasteiger partial charge is 0.459 e. The molecule has 0 saturated carbocycles. The third kappa shape index (κ3) is 4.26. The molecule has 1 saturated heterocycles. The van der Waals surface area contributed by atoms with E-state index < -0.39 is 0 Å². The van der Waals surface area contributed by atoms with Crippen LogP contribution in [0.25, 0.3) is 0 Å². The number of allylic oxidation sites excluding steroid dienone is 4. The number of pyridine rings is 1. The van der Waals surface area contributed by atoms with Crippen molar-refractivity contribution in [3.05, 3.63) is 119 Å². The highest BCUT2D eigenvalue weighted by molar-refractivity contribution is 6.99. The van der Waals surface area contributed by atoms with E-state index in [9.17, 15) is 0 Å². The zero-order valence-corrected chi connectivity index (χ0v) is 30.4. The van der Waals surface area contributed by atoms with Crippen LogP contribution in [0.1, 0.15) is 64.9 Å². The van der Waals surface area contributed by atoms with Gasteiger partial charge in [0, 0.05) is 29.0 Å². The Labute approximate surface area is 311 Å². The summed E-state index contributed by atoms with van der Waals surface area (Å²) in [6.45, 7) is 6.53. The maximum Gasteiger partial charge on any atom is 0.262 e. The molecule has 8 aliphatic rings. The van der Waals surface area contributed by atoms with Gasteiger partial charge in [-0.1, -0.05) is 81.5 Å². The highest BCUT2D eigenvalue weighted by atomic mass is 16.5. The number of hydrogen-bond donors (Lipinski definition) is 0. The Morgan fingerprint density at radius 1 is 0.755 bits per heavy atom. The molecule has 0 spiro atoms. The van der Waals surface area contributed by atoms with Gasteiger partial charge in [0.2, 0.25) is 11.8 Å². The Kier molecular flexibility index (Phi) is 6.16. The SMILES string of the molecule is CC(C)(C)c1cc2c3c(c1)Oc1nc4c(cc1B3c1ccccc1O2)B1C2=C(CC(N3C5=CCCCC5C5CCC=CC53)C=C2Oc2ccccc21)O4. The minimum absolute atomic E-state index is 0.0644. The van der Waals surface area contributed by atoms with Crippen LogP contribution in [0.5, 0.6) is 34.8 Å². The van der Waals surface area contributed by atoms with Crippen molar-refractivity contribution in [3.63, 3.8) is 0 Å². The first kappa shape index (κ1) is 30.4. The first-order valence-corrected chi connectivity index (χ1v) is 19.6. The van der Waals surface area contributed by atoms with Gasteiger partial charge in [-0.05, 0) is 101 Å². The lowest BCUT2D eigenvalue weighted by Crippen LogP contribution is -2.60. The fourth-order valence-corrected chi connectivity index (χ4v) is 10.8. The fourth-order valence-electron chi connectivity index (χ4n) is 10.8. The van der Waals surface area contributed by atoms with Gasteiger partial charge < -0.3 is 23.8 Å². The van der Waals surface area contributed by atoms with Gasteiger partial charge >= 0.3 is 0 Å². The molecular weight excluding hydrogens is 654 g/mol. The summed E-state index contributed by atoms with van der Waals surface area (Å²) in [5.41, 5.74) is 9.17. The van der Waals surface area contributed by atoms with Gasteiger partial charge in [-0.3, -0.25) is 0 Å². The van der Waals surface area contributed by atoms with Crippen LogP contribution < -0.4 is 46.3 Å². The normalized spacial score (nSPS) is 25.0. The maximum atomic E-state index is 7.04. The van der Waals surface area contributed by atoms with Gasteiger partial charge in [0.1, 0.15) is 34.5 Å². The zero-order chi connectivity index (χ0) is 35.2. The number of para-hydroxylation sites is 2. The van der Waals surface area contributed by atoms with E-state index in [2.05, 4.69) is 111 Å². The topological polar surface area (TPSA) is 53.1 Å². The number of hydrogen-bond acceptors (Lipinski definition) is 6. The molecule has 4 unspecified atom stereocenters. The summed E-state index contributed by atoms with van der Waals surface area (Å²) in [5.74, 6) is 7.89. The molecule has 53 heavy (non-hydrogen) atoms. The van der Waals surface area contributed by atoms with Crippen molar-refractivity contribution in [2.75, 3.05) is 0 Å². The first-order valence-electron chi connectivity index (χ1n) is 19.6. The molecule has 6 nitrogen and oxygen atoms in total. The van der Waals surface area contributed by atoms with Gasteiger partial charge in [0.15, 0.2) is 0 Å². The summed E-state index contributed by atoms with van der Waals surface area (Å²) in [7, 11) is 0. The molecule has 260 valence electrons. The molecule has 6 heterocycles. The zero-order valence-electron chi connectivity index (χ0n) is 30.4. The molecule has 0 amide bonds. The Morgan fingerprint density at radius 3 is 2.32 bits per heavy atom. The summed E-state index contributed by atoms with van der Waals surface area (Å²) >= 11 is 0. The molecule has 0 radical (unpaired) electrons. The second kappa shape index (κ2) is 10.7. The third-order valence-electron chi connectivity index (χ3n) is 13.2. The summed E-state index contributed by atoms with van der Waals surface area (Å²) in [5, 5.41) is 0. The molecule has 5 aliphatic heterocycles. The van der Waals surface area contributed by atoms with E-state index in [4.69, 9.17) is 23.9 Å². The summed E-state index contributed by atoms with van der Waals surface area (Å²) < 4.78 is 27.3. The molecule has 4 atom stereocenters. The van der Waals surface area contributed by atoms with Gasteiger partial charge in [-0.2, -0.15) is 4.98 Å². The molecule has 1 fully saturated rings. The second-order valence-electron chi connectivity index (χ2n) is 17.1. The number of rotatable bonds is 1. The number of nitrogens with zero attached hydrogens (tertiary/aromatic N) is 2. The van der Waals surface area contributed by atoms with Crippen molar-refractivity contribution < 1.29 is 18.9 Å². The monoisotopic (exact) mass is 694 g/mol. The summed E-state index contributed by atoms with van der Waals surface area (Å²) in [6.07, 6.45) is 16.8. The van der Waals surface area contributed by atoms with Gasteiger partial charge in [-0.15, -0.1) is 0 Å². The Morgan fingerprint density at radius 2 is 1.49 bits per heavy atom. The van der Waals surface area contributed by atoms with Crippen molar-refractivity contribution >= 4 is 40.7 Å². The Bertz CT molecular complexity index is 2420. The molecule has 0 bridgehead atoms. The lowest BCUT2D eigenvalue weighted by molar-refractivity contribution is 0.217. The van der Waals surface area contributed by atoms with Crippen LogP contribution in [0.15, 0.2) is 114 Å². The van der Waals surface area contributed by atoms with Crippen molar-refractivity contribution in [2.45, 2.75) is 76.8 Å². The molecule has 3 aromatic carbocycles. The van der Waals surface area contributed by atoms with E-state index in [0.29, 0.717) is 29.6 Å². The van der Waals surface area contributed by atoms with E-state index in [1.165, 1.54) is 31.4 Å². The van der Waals surface area contributed by atoms with Crippen molar-refractivity contribution in [1.82, 2.24) is 9.88 Å². The maximum absolute atomic E-state index is 7.04. The molecule has 12 rings (SSSR count). The smallest absolute Gasteiger partial charge is 0.262 e. The first-order chi connectivity index (χ1) is 25.9. The molecular formula is C45H40B2N2O4. The summed E-state index contributed by atoms with van der Waals surface area (Å²) in [4.78, 5) is 8.05. The number of benzene rings is 3. The predicted molar refractivity (Wildman–Crippen MR) is 210 cm³/mol. The summed E-state index contributed by atoms with van der Waals surface area (Å²) in [6, 6.07) is 24.1. The quantitative estimate of drug-likeness (QED) is 0.149. The van der Waals surface area contributed by atoms with Crippen LogP contribution in [-0.4, -0.2) is 35.4 Å². The van der Waals surface area contributed by atoms with Crippen molar-refractivity contribution in [1.29, 1.82) is 0 Å². The van der Waals surface area contributed by atoms with E-state index in [0.717, 1.165) is 85.7 Å². The minimum Gasteiger partial charge on any atom is -0.459 e. The molecule has 0 N–H and O–H groups in total. The van der Waals surface area contributed by atoms with E-state index in [-0.39, 0.29) is 24.9 Å². The highest BCUT2D eigenvalue weighted by Gasteiger charge is 2.52. The van der Waals surface area contributed by atoms with E-state index in [1.807, 2.05) is 6.07 Å². The molecule has 4 aromatic rings. The standard InChI is InChI=1S/C45H40B2N2O4/c1-45(2,3)25-20-37-41-38(21-25)52-43-31(46(41)29-14-6-10-18-35(29)50-37)24-32-44(48-43)53-40-23-26(22-39-42(40)47(32)30-15-7-11-19-36(30)51-39)49-33-16-8-4-12-27(33)28-13-5-9-17-34(28)49/h6-8,10-11,14-22,24,26-28,33H,4-5,9,12-13,23H2,1-3H3. The number of ether oxygens (including phenoxy) is 4. The van der Waals surface area contributed by atoms with Gasteiger partial charge in [0.25, 0.3) is 13.4 Å². The molecule has 8 heteroatoms. The van der Waals surface area contributed by atoms with Crippen LogP contribution in [0, 0.1) is 11.8 Å². The third-order valence-corrected chi connectivity index (χ3v) is 13.2. The van der Waals surface area contributed by atoms with Gasteiger partial charge in [-0.25, -0.2) is 0 Å². The lowest BCUT2D eigenvalue weighted by Gasteiger charge is -2.42. The van der Waals surface area contributed by atoms with Crippen LogP contribution in [-0.2, 0) is 5.41 Å². The van der Waals surface area contributed by atoms with Gasteiger partial charge in [0.05, 0.1) is 12.1 Å². The van der Waals surface area contributed by atoms with Crippen LogP contribution in [0.4, 0.5) is 0 Å². The average molecular weight is 694 g/mol. The highest BCUT2D eigenvalue weighted by Crippen LogP contribution is 2.51. The van der Waals surface area contributed by atoms with E-state index in [1.54, 1.807) is 0 Å². The lowest BCUT2D eigenvalue weighted by atomic mass is 9.31. The van der Waals surface area contributed by atoms with Crippen molar-refractivity contribution in [3.8, 4) is 34.8 Å². The van der Waals surface area contributed by atoms with Crippen LogP contribution >= 0.6 is 0 Å². The van der Waals surface area contributed by atoms with Crippen LogP contribution in [0.2, 0.25) is 0 Å². The fraction of sp³-hybridized carbons (Fsp3) is 0.311. The number of likely N-dealkylation sites (tertiary alicyclic amines) is 1. The second-order valence-corrected chi connectivity index (χ2v) is 17.1. The van der Waals surface area contributed by atoms with Crippen molar-refractivity contribution in [2.24, 2.45) is 11.8 Å². The number of fused-ring (bicyclic) bond motifs is 11. The number of aromatic nitrogens is 1. The van der Waals surface area contributed by atoms with Crippen LogP contribution in [0.3, 0.4) is 0 Å². The van der Waals surface area contributed by atoms with E-state index >= 15 is 0 Å². The predicted octanol–water partition coefficient (Wildman–Crippen LogP) is 6.28. The molecule has 3 aliphatic carbocycles.